The lowest BCUT2D eigenvalue weighted by atomic mass is 10.1. The largest absolute Gasteiger partial charge is 0.472 e. The van der Waals surface area contributed by atoms with Crippen LogP contribution in [0, 0.1) is 0 Å². The van der Waals surface area contributed by atoms with Crippen LogP contribution in [0.3, 0.4) is 0 Å². The molecule has 6 saturated heterocycles. The molecule has 0 radical (unpaired) electrons. The van der Waals surface area contributed by atoms with Crippen LogP contribution in [0.25, 0.3) is 22.3 Å². The number of imidazole rings is 2. The van der Waals surface area contributed by atoms with E-state index < -0.39 is 235 Å². The molecular formula is C60H87N26O35P5. The molecule has 0 aliphatic carbocycles. The van der Waals surface area contributed by atoms with Gasteiger partial charge in [-0.2, -0.15) is 19.9 Å². The van der Waals surface area contributed by atoms with Crippen molar-refractivity contribution < 1.29 is 147 Å². The number of anilines is 5. The predicted molar refractivity (Wildman–Crippen MR) is 415 cm³/mol. The van der Waals surface area contributed by atoms with Gasteiger partial charge < -0.3 is 128 Å². The summed E-state index contributed by atoms with van der Waals surface area (Å²) in [5.41, 5.74) is 24.3. The minimum absolute atomic E-state index is 0.0158. The summed E-state index contributed by atoms with van der Waals surface area (Å²) >= 11 is 0. The molecule has 0 aromatic carbocycles. The topological polar surface area (TPSA) is 858 Å². The van der Waals surface area contributed by atoms with Crippen molar-refractivity contribution in [3.63, 3.8) is 0 Å². The number of nitrogens with two attached hydrogens (primary N) is 5. The number of aromatic amines is 1. The molecule has 24 atom stereocenters. The number of aliphatic hydroxyl groups excluding tert-OH is 5. The number of phosphoric ester groups is 5. The highest BCUT2D eigenvalue weighted by atomic mass is 31.2. The second kappa shape index (κ2) is 39.1. The van der Waals surface area contributed by atoms with Crippen LogP contribution < -0.4 is 67.2 Å². The molecule has 8 aromatic heterocycles. The molecule has 6 aliphatic rings. The smallest absolute Gasteiger partial charge is 0.387 e. The lowest BCUT2D eigenvalue weighted by molar-refractivity contribution is -0.0770. The van der Waals surface area contributed by atoms with Gasteiger partial charge in [0.15, 0.2) is 53.8 Å². The van der Waals surface area contributed by atoms with Gasteiger partial charge >= 0.3 is 56.2 Å². The molecule has 66 heteroatoms. The van der Waals surface area contributed by atoms with Gasteiger partial charge in [-0.3, -0.25) is 78.2 Å². The number of fused-ring (bicyclic) bond motifs is 2. The monoisotopic (exact) mass is 1890 g/mol. The third-order valence-corrected chi connectivity index (χ3v) is 24.5. The molecule has 4 unspecified atom stereocenters. The Hall–Kier alpha value is -8.37. The number of rotatable bonds is 34. The number of nitrogens with zero attached hydrogens (tertiary/aromatic N) is 17. The third-order valence-electron chi connectivity index (χ3n) is 20.1. The van der Waals surface area contributed by atoms with E-state index in [4.69, 9.17) is 93.3 Å². The van der Waals surface area contributed by atoms with Gasteiger partial charge in [0.2, 0.25) is 5.95 Å². The van der Waals surface area contributed by atoms with Crippen LogP contribution in [0.5, 0.6) is 0 Å². The summed E-state index contributed by atoms with van der Waals surface area (Å²) in [6.07, 6.45) is -32.9. The number of aliphatic hydroxyl groups is 5. The predicted octanol–water partition coefficient (Wildman–Crippen LogP) is -8.69. The first-order chi connectivity index (χ1) is 59.8. The maximum absolute atomic E-state index is 14.5. The van der Waals surface area contributed by atoms with E-state index in [2.05, 4.69) is 80.5 Å². The standard InChI is InChI=1S/C60H87N26O35P5/c61-33-1-10-82(58(93)73-33)52-39(88)44(119-123(99,100)109-19-28-38(87)47(56(113-28)84-12-3-35(63)75-60(84)95)107-16-15-81-18-27(78-79-81)17-80-13-8-67-6-4-66-5-7-68-9-14-80)30(114-52)21-111-126(105,106)121-46-32(117-55(42(46)91)86-26-72-37-50(86)76-57(65)77-51(37)92)23-112-125(103,104)120-45-31(115-53(40(45)89)83-11-2-34(62)74-59(83)94)22-110-124(101,102)118-43-29(20-108-122(96,97)98)116-54(41(43)90)85-25-71-36-48(64)69-24-70-49(36)85/h1-3,10-12,18,24-26,28-32,38-47,52-56,66-68,87-91H,4-9,13-17,19-23H2,(H,99,100)(H,101,102)(H,103,104)(H,105,106)(H2,61,73,93)(H2,62,74,94)(H2,63,75,95)(H2,64,69,70)(H2,96,97,98)(H3,65,76,77,92)/t28-,29-,30-,31-,32-,38-,39-,40-,41-,42-,43-,44-,45-,46-,47-,52-,53-,54-,55-,56-/m1/s1. The molecule has 14 heterocycles. The van der Waals surface area contributed by atoms with Gasteiger partial charge in [-0.1, -0.05) is 5.21 Å². The number of ether oxygens (including phenoxy) is 6. The first kappa shape index (κ1) is 93.8. The summed E-state index contributed by atoms with van der Waals surface area (Å²) in [5.74, 6) is -1.53. The molecule has 692 valence electrons. The Kier molecular flexibility index (Phi) is 29.1. The molecule has 6 aliphatic heterocycles. The Morgan fingerprint density at radius 2 is 0.849 bits per heavy atom. The molecule has 14 rings (SSSR count). The van der Waals surface area contributed by atoms with E-state index >= 15 is 0 Å². The maximum Gasteiger partial charge on any atom is 0.472 e. The zero-order valence-electron chi connectivity index (χ0n) is 65.1. The molecule has 8 aromatic rings. The first-order valence-electron chi connectivity index (χ1n) is 37.8. The fraction of sp³-hybridized carbons (Fsp3) is 0.600. The lowest BCUT2D eigenvalue weighted by Gasteiger charge is -2.27. The van der Waals surface area contributed by atoms with Crippen molar-refractivity contribution in [2.45, 2.75) is 136 Å². The molecular weight excluding hydrogens is 1800 g/mol. The van der Waals surface area contributed by atoms with E-state index in [-0.39, 0.29) is 47.6 Å². The van der Waals surface area contributed by atoms with E-state index in [1.165, 1.54) is 16.9 Å². The molecule has 6 fully saturated rings. The second-order valence-electron chi connectivity index (χ2n) is 28.7. The van der Waals surface area contributed by atoms with Crippen molar-refractivity contribution in [2.24, 2.45) is 0 Å². The van der Waals surface area contributed by atoms with Crippen LogP contribution in [0.15, 0.2) is 81.1 Å². The Bertz CT molecular complexity index is 5660. The zero-order valence-corrected chi connectivity index (χ0v) is 69.5. The van der Waals surface area contributed by atoms with E-state index in [1.807, 2.05) is 0 Å². The number of phosphoric acid groups is 5. The van der Waals surface area contributed by atoms with Gasteiger partial charge in [0, 0.05) is 83.7 Å². The van der Waals surface area contributed by atoms with E-state index in [0.717, 1.165) is 110 Å². The summed E-state index contributed by atoms with van der Waals surface area (Å²) in [6, 6.07) is 3.35. The van der Waals surface area contributed by atoms with Gasteiger partial charge in [0.1, 0.15) is 121 Å². The van der Waals surface area contributed by atoms with Crippen LogP contribution in [0.4, 0.5) is 29.2 Å². The summed E-state index contributed by atoms with van der Waals surface area (Å²) < 4.78 is 158. The van der Waals surface area contributed by atoms with Crippen LogP contribution in [0.2, 0.25) is 0 Å². The van der Waals surface area contributed by atoms with Crippen molar-refractivity contribution in [3.05, 3.63) is 109 Å². The fourth-order valence-corrected chi connectivity index (χ4v) is 18.4. The Morgan fingerprint density at radius 1 is 0.452 bits per heavy atom. The fourth-order valence-electron chi connectivity index (χ4n) is 14.2. The highest BCUT2D eigenvalue weighted by molar-refractivity contribution is 7.48. The number of H-pyrrole nitrogens is 1. The van der Waals surface area contributed by atoms with Crippen molar-refractivity contribution in [1.29, 1.82) is 0 Å². The summed E-state index contributed by atoms with van der Waals surface area (Å²) in [4.78, 5) is 153. The summed E-state index contributed by atoms with van der Waals surface area (Å²) in [7, 11) is -28.8. The number of hydrogen-bond acceptors (Lipinski definition) is 48. The van der Waals surface area contributed by atoms with Gasteiger partial charge in [-0.15, -0.1) is 5.10 Å². The zero-order chi connectivity index (χ0) is 90.1. The Balaban J connectivity index is 0.667. The van der Waals surface area contributed by atoms with Crippen LogP contribution in [0.1, 0.15) is 36.8 Å². The first-order valence-corrected chi connectivity index (χ1v) is 45.3. The molecule has 0 amide bonds. The summed E-state index contributed by atoms with van der Waals surface area (Å²) in [6.45, 7) is 0.0160. The maximum atomic E-state index is 14.5. The van der Waals surface area contributed by atoms with E-state index in [9.17, 15) is 96.9 Å². The number of aromatic nitrogens is 17. The third kappa shape index (κ3) is 22.2. The average Bonchev–Trinajstić information content (AvgIpc) is 1.61. The van der Waals surface area contributed by atoms with Crippen LogP contribution in [-0.4, -0.2) is 326 Å². The second-order valence-corrected chi connectivity index (χ2v) is 35.6. The molecule has 0 bridgehead atoms. The number of hydrogen-bond donors (Lipinski definition) is 20. The Labute approximate surface area is 704 Å². The van der Waals surface area contributed by atoms with Gasteiger partial charge in [-0.05, 0) is 18.2 Å². The number of nitrogen functional groups attached to an aromatic ring is 5. The van der Waals surface area contributed by atoms with Gasteiger partial charge in [0.05, 0.1) is 64.5 Å². The van der Waals surface area contributed by atoms with Crippen LogP contribution >= 0.6 is 39.1 Å². The SMILES string of the molecule is Nc1ccn([C@@H]2O[C@H](COP(=O)(O)O[C@H]3[C@@H](O)[C@H](n4cnc5c(N)ncnc54)O[C@@H]3COP(=O)(O)O)[C@@H](OP(=O)(O)OC[C@H]3O[C@@H](n4cnc5c(=O)[nH]c(N)nc54)[C@H](O)[C@@H]3OP(=O)(O)OC[C@H]3O[C@@H](n4ccc(N)nc4=O)[C@H](O)[C@@H]3OP(=O)(O)OC[C@H]3O[C@@H](n4ccc(N)nc4=O)[C@H](OCCn4cc(CN5CCNCCNCCNCC5)nn4)[C@@H]3O)[C@H]2O)c(=O)n1. The normalized spacial score (nSPS) is 30.4. The quantitative estimate of drug-likeness (QED) is 0.0167. The van der Waals surface area contributed by atoms with E-state index in [1.54, 1.807) is 6.20 Å². The molecule has 25 N–H and O–H groups in total. The molecule has 0 spiro atoms. The van der Waals surface area contributed by atoms with Crippen molar-refractivity contribution >= 4 is 90.7 Å². The lowest BCUT2D eigenvalue weighted by Crippen LogP contribution is -2.41. The minimum atomic E-state index is -5.97. The minimum Gasteiger partial charge on any atom is -0.387 e. The van der Waals surface area contributed by atoms with Crippen LogP contribution in [-0.2, 0) is 105 Å². The highest BCUT2D eigenvalue weighted by Crippen LogP contribution is 2.56. The van der Waals surface area contributed by atoms with Crippen molar-refractivity contribution in [1.82, 2.24) is 104 Å². The van der Waals surface area contributed by atoms with Crippen molar-refractivity contribution in [3.8, 4) is 0 Å². The average molecular weight is 1890 g/mol. The summed E-state index contributed by atoms with van der Waals surface area (Å²) in [5, 5.41) is 78.0. The molecule has 61 nitrogen and oxygen atoms in total. The van der Waals surface area contributed by atoms with Gasteiger partial charge in [-0.25, -0.2) is 61.8 Å². The molecule has 126 heavy (non-hydrogen) atoms. The van der Waals surface area contributed by atoms with Gasteiger partial charge in [0.25, 0.3) is 5.56 Å². The number of nitrogens with one attached hydrogen (secondary N) is 4. The molecule has 0 saturated carbocycles. The Morgan fingerprint density at radius 3 is 1.29 bits per heavy atom. The van der Waals surface area contributed by atoms with E-state index in [0.29, 0.717) is 21.4 Å². The highest BCUT2D eigenvalue weighted by Gasteiger charge is 2.57. The van der Waals surface area contributed by atoms with Crippen molar-refractivity contribution in [2.75, 3.05) is 121 Å².